The summed E-state index contributed by atoms with van der Waals surface area (Å²) in [7, 11) is -0.697. The van der Waals surface area contributed by atoms with Crippen molar-refractivity contribution in [3.8, 4) is 17.2 Å². The lowest BCUT2D eigenvalue weighted by Crippen LogP contribution is -2.32. The van der Waals surface area contributed by atoms with Crippen molar-refractivity contribution in [3.05, 3.63) is 72.8 Å². The fourth-order valence-electron chi connectivity index (χ4n) is 2.97. The van der Waals surface area contributed by atoms with Gasteiger partial charge in [0.15, 0.2) is 6.10 Å². The number of sulfonamides is 1. The zero-order chi connectivity index (χ0) is 23.8. The number of hydrogen-bond acceptors (Lipinski definition) is 6. The number of carbonyl (C=O) groups excluding carboxylic acids is 1. The Labute approximate surface area is 193 Å². The van der Waals surface area contributed by atoms with Crippen molar-refractivity contribution in [2.75, 3.05) is 24.3 Å². The topological polar surface area (TPSA) is 103 Å². The van der Waals surface area contributed by atoms with Gasteiger partial charge in [0.2, 0.25) is 0 Å². The quantitative estimate of drug-likeness (QED) is 0.458. The second-order valence-electron chi connectivity index (χ2n) is 7.04. The summed E-state index contributed by atoms with van der Waals surface area (Å²) in [6.07, 6.45) is -0.279. The summed E-state index contributed by atoms with van der Waals surface area (Å²) in [6, 6.07) is 19.4. The third kappa shape index (κ3) is 6.39. The molecule has 0 aliphatic heterocycles. The standard InChI is InChI=1S/C24H26N2O6S/c1-4-23(32-21-7-5-6-20(16-21)31-3)24(27)25-17-10-14-22(15-11-17)33(28,29)26-18-8-12-19(30-2)13-9-18/h5-16,23,26H,4H2,1-3H3,(H,25,27). The van der Waals surface area contributed by atoms with Crippen LogP contribution in [0.5, 0.6) is 17.2 Å². The molecule has 9 heteroatoms. The zero-order valence-electron chi connectivity index (χ0n) is 18.6. The normalized spacial score (nSPS) is 11.8. The van der Waals surface area contributed by atoms with Crippen molar-refractivity contribution < 1.29 is 27.4 Å². The van der Waals surface area contributed by atoms with E-state index in [4.69, 9.17) is 14.2 Å². The first-order valence-electron chi connectivity index (χ1n) is 10.2. The minimum absolute atomic E-state index is 0.0657. The molecule has 3 aromatic rings. The largest absolute Gasteiger partial charge is 0.497 e. The average Bonchev–Trinajstić information content (AvgIpc) is 2.83. The molecule has 0 aliphatic carbocycles. The van der Waals surface area contributed by atoms with Crippen LogP contribution >= 0.6 is 0 Å². The molecule has 0 bridgehead atoms. The number of benzene rings is 3. The number of anilines is 2. The van der Waals surface area contributed by atoms with E-state index < -0.39 is 16.1 Å². The van der Waals surface area contributed by atoms with E-state index in [0.29, 0.717) is 35.0 Å². The van der Waals surface area contributed by atoms with Crippen molar-refractivity contribution in [1.82, 2.24) is 0 Å². The Morgan fingerprint density at radius 3 is 2.06 bits per heavy atom. The third-order valence-electron chi connectivity index (χ3n) is 4.76. The maximum Gasteiger partial charge on any atom is 0.265 e. The highest BCUT2D eigenvalue weighted by atomic mass is 32.2. The lowest BCUT2D eigenvalue weighted by molar-refractivity contribution is -0.122. The summed E-state index contributed by atoms with van der Waals surface area (Å²) in [5, 5.41) is 2.76. The highest BCUT2D eigenvalue weighted by molar-refractivity contribution is 7.92. The first-order valence-corrected chi connectivity index (χ1v) is 11.7. The van der Waals surface area contributed by atoms with E-state index in [1.54, 1.807) is 55.6 Å². The second kappa shape index (κ2) is 10.7. The average molecular weight is 471 g/mol. The number of ether oxygens (including phenoxy) is 3. The fourth-order valence-corrected chi connectivity index (χ4v) is 4.03. The summed E-state index contributed by atoms with van der Waals surface area (Å²) in [6.45, 7) is 1.84. The molecule has 174 valence electrons. The van der Waals surface area contributed by atoms with Crippen LogP contribution in [0.25, 0.3) is 0 Å². The first kappa shape index (κ1) is 23.9. The van der Waals surface area contributed by atoms with Crippen LogP contribution in [0.4, 0.5) is 11.4 Å². The molecular formula is C24H26N2O6S. The summed E-state index contributed by atoms with van der Waals surface area (Å²) in [5.41, 5.74) is 0.866. The monoisotopic (exact) mass is 470 g/mol. The van der Waals surface area contributed by atoms with Crippen molar-refractivity contribution in [1.29, 1.82) is 0 Å². The summed E-state index contributed by atoms with van der Waals surface area (Å²) in [4.78, 5) is 12.7. The highest BCUT2D eigenvalue weighted by Crippen LogP contribution is 2.23. The number of methoxy groups -OCH3 is 2. The molecule has 0 fully saturated rings. The molecule has 0 aliphatic rings. The molecule has 1 atom stereocenters. The van der Waals surface area contributed by atoms with Crippen LogP contribution in [0.1, 0.15) is 13.3 Å². The molecule has 0 saturated heterocycles. The number of rotatable bonds is 10. The van der Waals surface area contributed by atoms with Crippen LogP contribution in [-0.4, -0.2) is 34.6 Å². The molecule has 8 nitrogen and oxygen atoms in total. The Morgan fingerprint density at radius 2 is 1.45 bits per heavy atom. The van der Waals surface area contributed by atoms with Crippen molar-refractivity contribution >= 4 is 27.3 Å². The third-order valence-corrected chi connectivity index (χ3v) is 6.15. The van der Waals surface area contributed by atoms with Gasteiger partial charge in [-0.15, -0.1) is 0 Å². The van der Waals surface area contributed by atoms with E-state index in [1.165, 1.54) is 31.4 Å². The van der Waals surface area contributed by atoms with Gasteiger partial charge in [0.25, 0.3) is 15.9 Å². The molecule has 0 radical (unpaired) electrons. The summed E-state index contributed by atoms with van der Waals surface area (Å²) >= 11 is 0. The predicted molar refractivity (Wildman–Crippen MR) is 127 cm³/mol. The van der Waals surface area contributed by atoms with E-state index in [9.17, 15) is 13.2 Å². The number of hydrogen-bond donors (Lipinski definition) is 2. The van der Waals surface area contributed by atoms with Crippen LogP contribution in [-0.2, 0) is 14.8 Å². The van der Waals surface area contributed by atoms with Crippen molar-refractivity contribution in [2.24, 2.45) is 0 Å². The molecule has 0 heterocycles. The van der Waals surface area contributed by atoms with E-state index >= 15 is 0 Å². The van der Waals surface area contributed by atoms with E-state index in [-0.39, 0.29) is 10.8 Å². The van der Waals surface area contributed by atoms with Gasteiger partial charge in [0.1, 0.15) is 17.2 Å². The molecule has 3 aromatic carbocycles. The SMILES string of the molecule is CCC(Oc1cccc(OC)c1)C(=O)Nc1ccc(S(=O)(=O)Nc2ccc(OC)cc2)cc1. The Bertz CT molecular complexity index is 1180. The molecule has 0 spiro atoms. The lowest BCUT2D eigenvalue weighted by atomic mass is 10.2. The van der Waals surface area contributed by atoms with Gasteiger partial charge in [-0.1, -0.05) is 13.0 Å². The number of nitrogens with one attached hydrogen (secondary N) is 2. The van der Waals surface area contributed by atoms with E-state index in [0.717, 1.165) is 0 Å². The van der Waals surface area contributed by atoms with Gasteiger partial charge < -0.3 is 19.5 Å². The molecule has 2 N–H and O–H groups in total. The van der Waals surface area contributed by atoms with Crippen LogP contribution in [0.3, 0.4) is 0 Å². The number of carbonyl (C=O) groups is 1. The van der Waals surface area contributed by atoms with Gasteiger partial charge in [-0.3, -0.25) is 9.52 Å². The van der Waals surface area contributed by atoms with Crippen LogP contribution in [0.2, 0.25) is 0 Å². The summed E-state index contributed by atoms with van der Waals surface area (Å²) < 4.78 is 43.8. The number of amides is 1. The molecule has 33 heavy (non-hydrogen) atoms. The zero-order valence-corrected chi connectivity index (χ0v) is 19.4. The van der Waals surface area contributed by atoms with Gasteiger partial charge in [-0.05, 0) is 67.1 Å². The second-order valence-corrected chi connectivity index (χ2v) is 8.72. The molecule has 0 aromatic heterocycles. The van der Waals surface area contributed by atoms with Gasteiger partial charge in [-0.2, -0.15) is 0 Å². The molecule has 1 unspecified atom stereocenters. The van der Waals surface area contributed by atoms with E-state index in [2.05, 4.69) is 10.0 Å². The maximum atomic E-state index is 12.7. The first-order chi connectivity index (χ1) is 15.8. The Balaban J connectivity index is 1.65. The Kier molecular flexibility index (Phi) is 7.78. The lowest BCUT2D eigenvalue weighted by Gasteiger charge is -2.18. The Morgan fingerprint density at radius 1 is 0.848 bits per heavy atom. The molecule has 3 rings (SSSR count). The van der Waals surface area contributed by atoms with Crippen LogP contribution < -0.4 is 24.2 Å². The summed E-state index contributed by atoms with van der Waals surface area (Å²) in [5.74, 6) is 1.43. The molecule has 1 amide bonds. The van der Waals surface area contributed by atoms with Gasteiger partial charge in [-0.25, -0.2) is 8.42 Å². The minimum atomic E-state index is -3.79. The van der Waals surface area contributed by atoms with Crippen molar-refractivity contribution in [2.45, 2.75) is 24.3 Å². The Hall–Kier alpha value is -3.72. The van der Waals surface area contributed by atoms with Gasteiger partial charge in [0.05, 0.1) is 19.1 Å². The van der Waals surface area contributed by atoms with Crippen LogP contribution in [0, 0.1) is 0 Å². The smallest absolute Gasteiger partial charge is 0.265 e. The van der Waals surface area contributed by atoms with Gasteiger partial charge >= 0.3 is 0 Å². The minimum Gasteiger partial charge on any atom is -0.497 e. The predicted octanol–water partition coefficient (Wildman–Crippen LogP) is 4.30. The highest BCUT2D eigenvalue weighted by Gasteiger charge is 2.20. The van der Waals surface area contributed by atoms with Crippen LogP contribution in [0.15, 0.2) is 77.7 Å². The molecule has 0 saturated carbocycles. The van der Waals surface area contributed by atoms with Gasteiger partial charge in [0, 0.05) is 17.4 Å². The fraction of sp³-hybridized carbons (Fsp3) is 0.208. The van der Waals surface area contributed by atoms with E-state index in [1.807, 2.05) is 6.92 Å². The van der Waals surface area contributed by atoms with Crippen molar-refractivity contribution in [3.63, 3.8) is 0 Å². The maximum absolute atomic E-state index is 12.7. The molecular weight excluding hydrogens is 444 g/mol.